The van der Waals surface area contributed by atoms with E-state index in [-0.39, 0.29) is 0 Å². The number of halogens is 1. The number of benzene rings is 1. The summed E-state index contributed by atoms with van der Waals surface area (Å²) in [5, 5.41) is 0. The van der Waals surface area contributed by atoms with Crippen LogP contribution in [-0.2, 0) is 16.3 Å². The zero-order valence-corrected chi connectivity index (χ0v) is 14.4. The Balaban J connectivity index is 0.000000606. The fraction of sp³-hybridized carbons (Fsp3) is 0.538. The number of aryl methyl sites for hydroxylation is 1. The van der Waals surface area contributed by atoms with Gasteiger partial charge in [-0.25, -0.2) is 0 Å². The second-order valence-electron chi connectivity index (χ2n) is 4.07. The van der Waals surface area contributed by atoms with Crippen molar-refractivity contribution in [2.45, 2.75) is 45.1 Å². The Morgan fingerprint density at radius 3 is 2.62 bits per heavy atom. The van der Waals surface area contributed by atoms with E-state index in [9.17, 15) is 0 Å². The molecule has 1 aromatic rings. The van der Waals surface area contributed by atoms with Crippen LogP contribution < -0.4 is 4.74 Å². The van der Waals surface area contributed by atoms with Crippen LogP contribution in [0.25, 0.3) is 0 Å². The molecule has 3 heteroatoms. The molecule has 2 rings (SSSR count). The SMILES string of the molecule is Cc1cc[c-]cc1OC1CCCCC1.[Zn+][Br]. The maximum absolute atomic E-state index is 5.95. The van der Waals surface area contributed by atoms with E-state index in [2.05, 4.69) is 32.7 Å². The molecule has 0 aliphatic heterocycles. The fourth-order valence-electron chi connectivity index (χ4n) is 1.98. The van der Waals surface area contributed by atoms with Crippen LogP contribution in [0.5, 0.6) is 5.75 Å². The van der Waals surface area contributed by atoms with Gasteiger partial charge in [0, 0.05) is 5.75 Å². The summed E-state index contributed by atoms with van der Waals surface area (Å²) < 4.78 is 5.95. The van der Waals surface area contributed by atoms with Gasteiger partial charge in [0.05, 0.1) is 6.10 Å². The van der Waals surface area contributed by atoms with E-state index < -0.39 is 0 Å². The standard InChI is InChI=1S/C13H17O.BrH.Zn/c1-11-7-5-6-10-13(11)14-12-8-3-2-4-9-12;;/h5,7,10,12H,2-4,8-9H2,1H3;1H;/q-1;;+2/p-1. The number of hydrogen-bond acceptors (Lipinski definition) is 1. The van der Waals surface area contributed by atoms with Crippen molar-refractivity contribution in [1.29, 1.82) is 0 Å². The number of hydrogen-bond donors (Lipinski definition) is 0. The van der Waals surface area contributed by atoms with Gasteiger partial charge in [-0.3, -0.25) is 0 Å². The Kier molecular flexibility index (Phi) is 7.31. The van der Waals surface area contributed by atoms with E-state index in [0.29, 0.717) is 6.10 Å². The first-order valence-corrected chi connectivity index (χ1v) is 12.7. The normalized spacial score (nSPS) is 16.2. The third-order valence-electron chi connectivity index (χ3n) is 2.88. The molecule has 0 radical (unpaired) electrons. The average Bonchev–Trinajstić information content (AvgIpc) is 2.36. The maximum atomic E-state index is 5.95. The molecule has 0 atom stereocenters. The Morgan fingerprint density at radius 2 is 2.00 bits per heavy atom. The first kappa shape index (κ1) is 14.2. The van der Waals surface area contributed by atoms with Gasteiger partial charge in [0.25, 0.3) is 0 Å². The molecule has 0 N–H and O–H groups in total. The van der Waals surface area contributed by atoms with Gasteiger partial charge in [-0.1, -0.05) is 13.3 Å². The molecule has 0 aromatic heterocycles. The van der Waals surface area contributed by atoms with Crippen LogP contribution >= 0.6 is 13.6 Å². The van der Waals surface area contributed by atoms with Crippen LogP contribution in [-0.4, -0.2) is 6.10 Å². The Bertz CT molecular complexity index is 298. The average molecular weight is 335 g/mol. The van der Waals surface area contributed by atoms with Gasteiger partial charge in [-0.05, 0) is 25.7 Å². The molecule has 0 spiro atoms. The molecule has 0 bridgehead atoms. The van der Waals surface area contributed by atoms with Crippen molar-refractivity contribution in [2.24, 2.45) is 0 Å². The van der Waals surface area contributed by atoms with E-state index in [0.717, 1.165) is 5.75 Å². The summed E-state index contributed by atoms with van der Waals surface area (Å²) in [4.78, 5) is 0. The van der Waals surface area contributed by atoms with Gasteiger partial charge in [0.1, 0.15) is 0 Å². The van der Waals surface area contributed by atoms with Gasteiger partial charge >= 0.3 is 30.0 Å². The Morgan fingerprint density at radius 1 is 1.31 bits per heavy atom. The van der Waals surface area contributed by atoms with Crippen molar-refractivity contribution in [3.05, 3.63) is 29.8 Å². The van der Waals surface area contributed by atoms with Crippen molar-refractivity contribution in [3.8, 4) is 5.75 Å². The molecule has 1 aromatic carbocycles. The molecule has 0 unspecified atom stereocenters. The van der Waals surface area contributed by atoms with Crippen LogP contribution in [0.4, 0.5) is 0 Å². The minimum absolute atomic E-state index is 0.443. The number of rotatable bonds is 2. The van der Waals surface area contributed by atoms with E-state index in [1.54, 1.807) is 0 Å². The summed E-state index contributed by atoms with van der Waals surface area (Å²) >= 11 is 4.25. The van der Waals surface area contributed by atoms with Crippen molar-refractivity contribution in [1.82, 2.24) is 0 Å². The van der Waals surface area contributed by atoms with E-state index >= 15 is 0 Å². The zero-order valence-electron chi connectivity index (χ0n) is 9.84. The predicted molar refractivity (Wildman–Crippen MR) is 66.4 cm³/mol. The molecule has 1 nitrogen and oxygen atoms in total. The molecular weight excluding hydrogens is 317 g/mol. The second-order valence-corrected chi connectivity index (χ2v) is 4.07. The van der Waals surface area contributed by atoms with Crippen LogP contribution in [0.3, 0.4) is 0 Å². The zero-order chi connectivity index (χ0) is 11.8. The molecule has 1 fully saturated rings. The first-order valence-electron chi connectivity index (χ1n) is 5.76. The quantitative estimate of drug-likeness (QED) is 0.577. The summed E-state index contributed by atoms with van der Waals surface area (Å²) in [6, 6.07) is 9.00. The molecule has 1 aliphatic carbocycles. The second kappa shape index (κ2) is 8.25. The molecule has 1 saturated carbocycles. The first-order chi connectivity index (χ1) is 7.86. The fourth-order valence-corrected chi connectivity index (χ4v) is 1.98. The van der Waals surface area contributed by atoms with Gasteiger partial charge in [0.2, 0.25) is 0 Å². The van der Waals surface area contributed by atoms with Crippen LogP contribution in [0.15, 0.2) is 18.2 Å². The van der Waals surface area contributed by atoms with Gasteiger partial charge in [-0.2, -0.15) is 18.2 Å². The van der Waals surface area contributed by atoms with Gasteiger partial charge < -0.3 is 4.74 Å². The summed E-state index contributed by atoms with van der Waals surface area (Å²) in [5.41, 5.74) is 1.22. The Hall–Kier alpha value is 0.123. The molecule has 16 heavy (non-hydrogen) atoms. The van der Waals surface area contributed by atoms with Crippen molar-refractivity contribution in [2.75, 3.05) is 0 Å². The van der Waals surface area contributed by atoms with E-state index in [4.69, 9.17) is 4.74 Å². The minimum atomic E-state index is 0.443. The van der Waals surface area contributed by atoms with Crippen LogP contribution in [0.1, 0.15) is 37.7 Å². The molecular formula is C13H17BrOZn. The number of ether oxygens (including phenoxy) is 1. The third-order valence-corrected chi connectivity index (χ3v) is 2.88. The molecule has 0 amide bonds. The predicted octanol–water partition coefficient (Wildman–Crippen LogP) is 4.35. The van der Waals surface area contributed by atoms with E-state index in [1.165, 1.54) is 54.0 Å². The molecule has 0 heterocycles. The van der Waals surface area contributed by atoms with Crippen LogP contribution in [0.2, 0.25) is 0 Å². The summed E-state index contributed by atoms with van der Waals surface area (Å²) in [7, 11) is 0. The van der Waals surface area contributed by atoms with Gasteiger partial charge in [-0.15, -0.1) is 11.6 Å². The topological polar surface area (TPSA) is 9.23 Å². The summed E-state index contributed by atoms with van der Waals surface area (Å²) in [6.07, 6.45) is 6.89. The molecule has 84 valence electrons. The Labute approximate surface area is 115 Å². The van der Waals surface area contributed by atoms with Crippen molar-refractivity contribution >= 4 is 13.6 Å². The van der Waals surface area contributed by atoms with E-state index in [1.807, 2.05) is 12.1 Å². The third kappa shape index (κ3) is 4.55. The van der Waals surface area contributed by atoms with Crippen molar-refractivity contribution in [3.63, 3.8) is 0 Å². The van der Waals surface area contributed by atoms with Crippen molar-refractivity contribution < 1.29 is 21.1 Å². The molecule has 0 saturated heterocycles. The monoisotopic (exact) mass is 332 g/mol. The molecule has 1 aliphatic rings. The van der Waals surface area contributed by atoms with Crippen LogP contribution in [0, 0.1) is 13.0 Å². The van der Waals surface area contributed by atoms with Gasteiger partial charge in [0.15, 0.2) is 0 Å². The summed E-state index contributed by atoms with van der Waals surface area (Å²) in [5.74, 6) is 1.01. The summed E-state index contributed by atoms with van der Waals surface area (Å²) in [6.45, 7) is 2.09.